The average molecular weight is 269 g/mol. The first-order valence-electron chi connectivity index (χ1n) is 6.07. The molecule has 3 N–H and O–H groups in total. The number of hydrogen-bond acceptors (Lipinski definition) is 3. The molecule has 0 aromatic heterocycles. The Kier molecular flexibility index (Phi) is 4.44. The summed E-state index contributed by atoms with van der Waals surface area (Å²) in [5.74, 6) is 0.535. The zero-order chi connectivity index (χ0) is 13.0. The summed E-state index contributed by atoms with van der Waals surface area (Å²) in [5.41, 5.74) is 6.09. The van der Waals surface area contributed by atoms with Crippen LogP contribution in [-0.2, 0) is 4.74 Å². The number of ether oxygens (including phenoxy) is 1. The number of hydrogen-bond donors (Lipinski definition) is 2. The van der Waals surface area contributed by atoms with E-state index in [1.54, 1.807) is 0 Å². The predicted octanol–water partition coefficient (Wildman–Crippen LogP) is 2.27. The SMILES string of the molecule is NC(=O)OCCNC1CC(c2ccccc2Cl)C1. The molecule has 98 valence electrons. The molecule has 2 rings (SSSR count). The molecule has 18 heavy (non-hydrogen) atoms. The van der Waals surface area contributed by atoms with E-state index in [4.69, 9.17) is 17.3 Å². The molecule has 1 aliphatic carbocycles. The first-order chi connectivity index (χ1) is 8.66. The number of halogens is 1. The lowest BCUT2D eigenvalue weighted by molar-refractivity contribution is 0.152. The van der Waals surface area contributed by atoms with E-state index >= 15 is 0 Å². The van der Waals surface area contributed by atoms with E-state index in [9.17, 15) is 4.79 Å². The average Bonchev–Trinajstić information content (AvgIpc) is 2.28. The molecular weight excluding hydrogens is 252 g/mol. The van der Waals surface area contributed by atoms with Crippen molar-refractivity contribution in [2.75, 3.05) is 13.2 Å². The van der Waals surface area contributed by atoms with E-state index in [1.807, 2.05) is 18.2 Å². The highest BCUT2D eigenvalue weighted by molar-refractivity contribution is 6.31. The van der Waals surface area contributed by atoms with Gasteiger partial charge in [-0.3, -0.25) is 0 Å². The summed E-state index contributed by atoms with van der Waals surface area (Å²) in [4.78, 5) is 10.4. The topological polar surface area (TPSA) is 64.4 Å². The predicted molar refractivity (Wildman–Crippen MR) is 70.8 cm³/mol. The van der Waals surface area contributed by atoms with Gasteiger partial charge in [-0.15, -0.1) is 0 Å². The number of amides is 1. The number of rotatable bonds is 5. The first kappa shape index (κ1) is 13.2. The van der Waals surface area contributed by atoms with E-state index < -0.39 is 6.09 Å². The Balaban J connectivity index is 1.68. The molecule has 0 atom stereocenters. The molecule has 1 aromatic carbocycles. The summed E-state index contributed by atoms with van der Waals surface area (Å²) >= 11 is 6.15. The van der Waals surface area contributed by atoms with Gasteiger partial charge in [0.2, 0.25) is 0 Å². The highest BCUT2D eigenvalue weighted by atomic mass is 35.5. The quantitative estimate of drug-likeness (QED) is 0.805. The van der Waals surface area contributed by atoms with Crippen molar-refractivity contribution in [3.05, 3.63) is 34.9 Å². The third-order valence-corrected chi connectivity index (χ3v) is 3.61. The molecule has 1 aliphatic rings. The zero-order valence-corrected chi connectivity index (χ0v) is 10.8. The molecule has 0 aliphatic heterocycles. The molecule has 1 fully saturated rings. The van der Waals surface area contributed by atoms with Crippen LogP contribution < -0.4 is 11.1 Å². The summed E-state index contributed by atoms with van der Waals surface area (Å²) in [7, 11) is 0. The maximum absolute atomic E-state index is 10.4. The van der Waals surface area contributed by atoms with Gasteiger partial charge in [-0.05, 0) is 30.4 Å². The van der Waals surface area contributed by atoms with Crippen LogP contribution in [0.15, 0.2) is 24.3 Å². The minimum Gasteiger partial charge on any atom is -0.448 e. The standard InChI is InChI=1S/C13H17ClN2O2/c14-12-4-2-1-3-11(12)9-7-10(8-9)16-5-6-18-13(15)17/h1-4,9-10,16H,5-8H2,(H2,15,17). The summed E-state index contributed by atoms with van der Waals surface area (Å²) in [6, 6.07) is 8.45. The summed E-state index contributed by atoms with van der Waals surface area (Å²) < 4.78 is 4.65. The third-order valence-electron chi connectivity index (χ3n) is 3.26. The molecule has 0 spiro atoms. The molecule has 5 heteroatoms. The van der Waals surface area contributed by atoms with Crippen molar-refractivity contribution in [1.82, 2.24) is 5.32 Å². The molecule has 1 saturated carbocycles. The minimum atomic E-state index is -0.723. The Morgan fingerprint density at radius 2 is 2.17 bits per heavy atom. The van der Waals surface area contributed by atoms with Gasteiger partial charge in [0, 0.05) is 17.6 Å². The van der Waals surface area contributed by atoms with Gasteiger partial charge in [0.05, 0.1) is 0 Å². The summed E-state index contributed by atoms with van der Waals surface area (Å²) in [6.45, 7) is 0.964. The Morgan fingerprint density at radius 3 is 2.83 bits per heavy atom. The second-order valence-corrected chi connectivity index (χ2v) is 4.92. The summed E-state index contributed by atoms with van der Waals surface area (Å²) in [6.07, 6.45) is 1.42. The van der Waals surface area contributed by atoms with Crippen molar-refractivity contribution >= 4 is 17.7 Å². The number of carbonyl (C=O) groups is 1. The summed E-state index contributed by atoms with van der Waals surface area (Å²) in [5, 5.41) is 4.16. The van der Waals surface area contributed by atoms with Crippen molar-refractivity contribution in [2.24, 2.45) is 5.73 Å². The second-order valence-electron chi connectivity index (χ2n) is 4.51. The largest absolute Gasteiger partial charge is 0.448 e. The lowest BCUT2D eigenvalue weighted by Gasteiger charge is -2.36. The van der Waals surface area contributed by atoms with Crippen LogP contribution in [0.1, 0.15) is 24.3 Å². The van der Waals surface area contributed by atoms with Crippen LogP contribution in [0.2, 0.25) is 5.02 Å². The van der Waals surface area contributed by atoms with Crippen LogP contribution in [0, 0.1) is 0 Å². The van der Waals surface area contributed by atoms with Crippen LogP contribution in [0.5, 0.6) is 0 Å². The number of carbonyl (C=O) groups excluding carboxylic acids is 1. The fourth-order valence-corrected chi connectivity index (χ4v) is 2.55. The molecular formula is C13H17ClN2O2. The molecule has 1 aromatic rings. The fraction of sp³-hybridized carbons (Fsp3) is 0.462. The van der Waals surface area contributed by atoms with Crippen LogP contribution in [-0.4, -0.2) is 25.3 Å². The third kappa shape index (κ3) is 3.37. The van der Waals surface area contributed by atoms with Gasteiger partial charge < -0.3 is 15.8 Å². The van der Waals surface area contributed by atoms with Gasteiger partial charge in [-0.2, -0.15) is 0 Å². The maximum atomic E-state index is 10.4. The van der Waals surface area contributed by atoms with Crippen LogP contribution in [0.4, 0.5) is 4.79 Å². The monoisotopic (exact) mass is 268 g/mol. The van der Waals surface area contributed by atoms with E-state index in [2.05, 4.69) is 16.1 Å². The molecule has 0 radical (unpaired) electrons. The fourth-order valence-electron chi connectivity index (χ4n) is 2.26. The van der Waals surface area contributed by atoms with Gasteiger partial charge in [0.1, 0.15) is 6.61 Å². The van der Waals surface area contributed by atoms with Gasteiger partial charge in [-0.25, -0.2) is 4.79 Å². The van der Waals surface area contributed by atoms with Gasteiger partial charge >= 0.3 is 6.09 Å². The van der Waals surface area contributed by atoms with E-state index in [1.165, 1.54) is 5.56 Å². The number of benzene rings is 1. The van der Waals surface area contributed by atoms with Crippen molar-refractivity contribution in [1.29, 1.82) is 0 Å². The van der Waals surface area contributed by atoms with E-state index in [0.29, 0.717) is 25.1 Å². The molecule has 4 nitrogen and oxygen atoms in total. The molecule has 0 unspecified atom stereocenters. The molecule has 1 amide bonds. The normalized spacial score (nSPS) is 22.3. The highest BCUT2D eigenvalue weighted by Gasteiger charge is 2.30. The van der Waals surface area contributed by atoms with Crippen LogP contribution in [0.3, 0.4) is 0 Å². The van der Waals surface area contributed by atoms with Gasteiger partial charge in [0.25, 0.3) is 0 Å². The highest BCUT2D eigenvalue weighted by Crippen LogP contribution is 2.39. The Hall–Kier alpha value is -1.26. The Morgan fingerprint density at radius 1 is 1.44 bits per heavy atom. The maximum Gasteiger partial charge on any atom is 0.404 e. The number of nitrogens with one attached hydrogen (secondary N) is 1. The first-order valence-corrected chi connectivity index (χ1v) is 6.44. The molecule has 0 bridgehead atoms. The van der Waals surface area contributed by atoms with E-state index in [0.717, 1.165) is 17.9 Å². The number of nitrogens with two attached hydrogens (primary N) is 1. The molecule has 0 saturated heterocycles. The second kappa shape index (κ2) is 6.07. The van der Waals surface area contributed by atoms with E-state index in [-0.39, 0.29) is 0 Å². The molecule has 0 heterocycles. The zero-order valence-electron chi connectivity index (χ0n) is 10.1. The number of primary amides is 1. The van der Waals surface area contributed by atoms with Gasteiger partial charge in [-0.1, -0.05) is 29.8 Å². The van der Waals surface area contributed by atoms with Crippen molar-refractivity contribution in [3.63, 3.8) is 0 Å². The smallest absolute Gasteiger partial charge is 0.404 e. The van der Waals surface area contributed by atoms with Crippen molar-refractivity contribution < 1.29 is 9.53 Å². The van der Waals surface area contributed by atoms with Crippen molar-refractivity contribution in [2.45, 2.75) is 24.8 Å². The van der Waals surface area contributed by atoms with Crippen LogP contribution >= 0.6 is 11.6 Å². The lowest BCUT2D eigenvalue weighted by atomic mass is 9.76. The Labute approximate surface area is 111 Å². The lowest BCUT2D eigenvalue weighted by Crippen LogP contribution is -2.41. The minimum absolute atomic E-state index is 0.322. The Bertz CT molecular complexity index is 419. The van der Waals surface area contributed by atoms with Gasteiger partial charge in [0.15, 0.2) is 0 Å². The van der Waals surface area contributed by atoms with Crippen LogP contribution in [0.25, 0.3) is 0 Å². The van der Waals surface area contributed by atoms with Crippen molar-refractivity contribution in [3.8, 4) is 0 Å².